The van der Waals surface area contributed by atoms with Gasteiger partial charge in [-0.1, -0.05) is 78.3 Å². The van der Waals surface area contributed by atoms with Crippen LogP contribution in [0.1, 0.15) is 17.9 Å². The summed E-state index contributed by atoms with van der Waals surface area (Å²) in [6.07, 6.45) is 0.458. The number of nitrogens with zero attached hydrogens (tertiary/aromatic N) is 1. The van der Waals surface area contributed by atoms with Crippen molar-refractivity contribution in [3.8, 4) is 22.6 Å². The van der Waals surface area contributed by atoms with Crippen molar-refractivity contribution in [1.29, 1.82) is 0 Å². The summed E-state index contributed by atoms with van der Waals surface area (Å²) in [6, 6.07) is 24.8. The average molecular weight is 474 g/mol. The van der Waals surface area contributed by atoms with Crippen LogP contribution in [0, 0.1) is 6.92 Å². The third kappa shape index (κ3) is 5.71. The summed E-state index contributed by atoms with van der Waals surface area (Å²) in [5, 5.41) is 5.96. The van der Waals surface area contributed by atoms with E-state index in [1.165, 1.54) is 0 Å². The molecule has 6 nitrogen and oxygen atoms in total. The maximum atomic E-state index is 12.3. The number of carbonyl (C=O) groups excluding carboxylic acids is 2. The van der Waals surface area contributed by atoms with Gasteiger partial charge in [0.05, 0.1) is 6.54 Å². The van der Waals surface area contributed by atoms with Gasteiger partial charge in [-0.2, -0.15) is 0 Å². The average Bonchev–Trinajstić information content (AvgIpc) is 3.30. The highest BCUT2D eigenvalue weighted by molar-refractivity contribution is 6.31. The molecule has 4 aromatic rings. The molecule has 0 aliphatic heterocycles. The van der Waals surface area contributed by atoms with E-state index in [0.717, 1.165) is 22.4 Å². The Bertz CT molecular complexity index is 1230. The molecule has 0 saturated heterocycles. The van der Waals surface area contributed by atoms with Crippen molar-refractivity contribution >= 4 is 29.1 Å². The molecule has 34 heavy (non-hydrogen) atoms. The van der Waals surface area contributed by atoms with Gasteiger partial charge in [0.15, 0.2) is 11.7 Å². The molecule has 0 bridgehead atoms. The van der Waals surface area contributed by atoms with E-state index in [-0.39, 0.29) is 24.8 Å². The third-order valence-corrected chi connectivity index (χ3v) is 5.72. The van der Waals surface area contributed by atoms with Crippen LogP contribution in [0.15, 0.2) is 83.3 Å². The van der Waals surface area contributed by atoms with Crippen molar-refractivity contribution in [2.24, 2.45) is 0 Å². The number of benzene rings is 3. The summed E-state index contributed by atoms with van der Waals surface area (Å²) in [5.74, 6) is 0.539. The second kappa shape index (κ2) is 10.8. The number of rotatable bonds is 8. The third-order valence-electron chi connectivity index (χ3n) is 5.31. The Balaban J connectivity index is 1.37. The molecule has 1 aromatic heterocycles. The molecule has 0 saturated carbocycles. The molecule has 0 unspecified atom stereocenters. The van der Waals surface area contributed by atoms with E-state index in [1.807, 2.05) is 67.6 Å². The van der Waals surface area contributed by atoms with E-state index in [2.05, 4.69) is 15.6 Å². The van der Waals surface area contributed by atoms with Crippen molar-refractivity contribution in [2.75, 3.05) is 11.9 Å². The van der Waals surface area contributed by atoms with Crippen LogP contribution in [0.2, 0.25) is 5.02 Å². The molecule has 0 aliphatic carbocycles. The summed E-state index contributed by atoms with van der Waals surface area (Å²) in [7, 11) is 0. The fourth-order valence-electron chi connectivity index (χ4n) is 3.47. The molecular weight excluding hydrogens is 450 g/mol. The Labute approximate surface area is 203 Å². The first-order chi connectivity index (χ1) is 16.5. The molecule has 0 spiro atoms. The molecule has 0 atom stereocenters. The molecule has 2 amide bonds. The number of aryl methyl sites for hydroxylation is 1. The lowest BCUT2D eigenvalue weighted by Crippen LogP contribution is -2.33. The van der Waals surface area contributed by atoms with Gasteiger partial charge in [0.1, 0.15) is 5.69 Å². The highest BCUT2D eigenvalue weighted by Gasteiger charge is 2.17. The van der Waals surface area contributed by atoms with Crippen LogP contribution in [-0.4, -0.2) is 23.3 Å². The van der Waals surface area contributed by atoms with E-state index in [1.54, 1.807) is 18.2 Å². The smallest absolute Gasteiger partial charge is 0.243 e. The normalized spacial score (nSPS) is 10.6. The lowest BCUT2D eigenvalue weighted by molar-refractivity contribution is -0.124. The van der Waals surface area contributed by atoms with E-state index < -0.39 is 0 Å². The number of halogens is 1. The Hall–Kier alpha value is -3.90. The molecule has 0 fully saturated rings. The lowest BCUT2D eigenvalue weighted by atomic mass is 10.1. The summed E-state index contributed by atoms with van der Waals surface area (Å²) in [6.45, 7) is 1.68. The number of nitrogens with one attached hydrogen (secondary N) is 2. The van der Waals surface area contributed by atoms with Crippen LogP contribution in [0.3, 0.4) is 0 Å². The highest BCUT2D eigenvalue weighted by atomic mass is 35.5. The second-order valence-corrected chi connectivity index (χ2v) is 8.16. The second-order valence-electron chi connectivity index (χ2n) is 7.75. The topological polar surface area (TPSA) is 84.2 Å². The Morgan fingerprint density at radius 2 is 1.56 bits per heavy atom. The summed E-state index contributed by atoms with van der Waals surface area (Å²) < 4.78 is 6.05. The number of aromatic nitrogens is 1. The number of amides is 2. The highest BCUT2D eigenvalue weighted by Crippen LogP contribution is 2.32. The summed E-state index contributed by atoms with van der Waals surface area (Å²) in [4.78, 5) is 29.2. The Morgan fingerprint density at radius 1 is 0.882 bits per heavy atom. The number of hydrogen-bond acceptors (Lipinski definition) is 4. The number of carbonyl (C=O) groups is 2. The molecule has 1 heterocycles. The predicted molar refractivity (Wildman–Crippen MR) is 134 cm³/mol. The first-order valence-corrected chi connectivity index (χ1v) is 11.3. The minimum atomic E-state index is -0.326. The number of anilines is 1. The van der Waals surface area contributed by atoms with Gasteiger partial charge < -0.3 is 15.1 Å². The standard InChI is InChI=1S/C27H24ClN3O3/c1-18-21(28)13-8-14-22(18)30-24(33)17-29-23(32)15-16-25-31-26(19-9-4-2-5-10-19)27(34-25)20-11-6-3-7-12-20/h2-14H,15-17H2,1H3,(H,29,32)(H,30,33). The first-order valence-electron chi connectivity index (χ1n) is 10.9. The van der Waals surface area contributed by atoms with E-state index >= 15 is 0 Å². The monoisotopic (exact) mass is 473 g/mol. The minimum absolute atomic E-state index is 0.138. The van der Waals surface area contributed by atoms with E-state index in [0.29, 0.717) is 28.8 Å². The van der Waals surface area contributed by atoms with Crippen molar-refractivity contribution < 1.29 is 14.0 Å². The van der Waals surface area contributed by atoms with Gasteiger partial charge in [-0.3, -0.25) is 9.59 Å². The van der Waals surface area contributed by atoms with Crippen LogP contribution in [-0.2, 0) is 16.0 Å². The van der Waals surface area contributed by atoms with Crippen LogP contribution >= 0.6 is 11.6 Å². The van der Waals surface area contributed by atoms with Gasteiger partial charge in [-0.05, 0) is 24.6 Å². The zero-order valence-corrected chi connectivity index (χ0v) is 19.4. The fraction of sp³-hybridized carbons (Fsp3) is 0.148. The van der Waals surface area contributed by atoms with Crippen molar-refractivity contribution in [2.45, 2.75) is 19.8 Å². The molecule has 0 radical (unpaired) electrons. The van der Waals surface area contributed by atoms with Crippen LogP contribution in [0.5, 0.6) is 0 Å². The number of hydrogen-bond donors (Lipinski definition) is 2. The van der Waals surface area contributed by atoms with Crippen LogP contribution < -0.4 is 10.6 Å². The van der Waals surface area contributed by atoms with Gasteiger partial charge in [0.25, 0.3) is 0 Å². The van der Waals surface area contributed by atoms with Gasteiger partial charge in [0, 0.05) is 34.7 Å². The van der Waals surface area contributed by atoms with Gasteiger partial charge in [-0.25, -0.2) is 4.98 Å². The van der Waals surface area contributed by atoms with Crippen LogP contribution in [0.4, 0.5) is 5.69 Å². The van der Waals surface area contributed by atoms with Gasteiger partial charge >= 0.3 is 0 Å². The van der Waals surface area contributed by atoms with Crippen molar-refractivity contribution in [3.63, 3.8) is 0 Å². The molecule has 172 valence electrons. The SMILES string of the molecule is Cc1c(Cl)cccc1NC(=O)CNC(=O)CCc1nc(-c2ccccc2)c(-c2ccccc2)o1. The fourth-order valence-corrected chi connectivity index (χ4v) is 3.65. The Morgan fingerprint density at radius 3 is 2.26 bits per heavy atom. The largest absolute Gasteiger partial charge is 0.440 e. The van der Waals surface area contributed by atoms with E-state index in [9.17, 15) is 9.59 Å². The molecule has 2 N–H and O–H groups in total. The Kier molecular flexibility index (Phi) is 7.40. The molecule has 7 heteroatoms. The molecule has 0 aliphatic rings. The number of oxazole rings is 1. The van der Waals surface area contributed by atoms with Gasteiger partial charge in [0.2, 0.25) is 11.8 Å². The predicted octanol–water partition coefficient (Wildman–Crippen LogP) is 5.66. The molecular formula is C27H24ClN3O3. The first kappa shape index (κ1) is 23.3. The zero-order chi connectivity index (χ0) is 23.9. The summed E-state index contributed by atoms with van der Waals surface area (Å²) >= 11 is 6.08. The van der Waals surface area contributed by atoms with Crippen LogP contribution in [0.25, 0.3) is 22.6 Å². The maximum Gasteiger partial charge on any atom is 0.243 e. The lowest BCUT2D eigenvalue weighted by Gasteiger charge is -2.10. The quantitative estimate of drug-likeness (QED) is 0.346. The minimum Gasteiger partial charge on any atom is -0.440 e. The van der Waals surface area contributed by atoms with Gasteiger partial charge in [-0.15, -0.1) is 0 Å². The van der Waals surface area contributed by atoms with E-state index in [4.69, 9.17) is 16.0 Å². The van der Waals surface area contributed by atoms with Crippen molar-refractivity contribution in [3.05, 3.63) is 95.3 Å². The summed E-state index contributed by atoms with van der Waals surface area (Å²) in [5.41, 5.74) is 3.98. The molecule has 3 aromatic carbocycles. The molecule has 4 rings (SSSR count). The van der Waals surface area contributed by atoms with Crippen molar-refractivity contribution in [1.82, 2.24) is 10.3 Å². The zero-order valence-electron chi connectivity index (χ0n) is 18.7. The maximum absolute atomic E-state index is 12.3.